The van der Waals surface area contributed by atoms with Crippen molar-refractivity contribution in [3.8, 4) is 22.8 Å². The largest absolute Gasteiger partial charge is 0.497 e. The summed E-state index contributed by atoms with van der Waals surface area (Å²) in [5.74, 6) is 1.31. The minimum atomic E-state index is -0.402. The Bertz CT molecular complexity index is 1050. The van der Waals surface area contributed by atoms with E-state index in [1.165, 1.54) is 0 Å². The number of ether oxygens (including phenoxy) is 2. The first-order valence-electron chi connectivity index (χ1n) is 9.56. The van der Waals surface area contributed by atoms with Crippen LogP contribution in [-0.2, 0) is 0 Å². The van der Waals surface area contributed by atoms with Crippen LogP contribution in [-0.4, -0.2) is 40.8 Å². The first-order chi connectivity index (χ1) is 13.9. The highest BCUT2D eigenvalue weighted by Crippen LogP contribution is 2.48. The smallest absolute Gasteiger partial charge is 0.273 e. The Morgan fingerprint density at radius 2 is 1.76 bits per heavy atom. The maximum absolute atomic E-state index is 13.4. The second-order valence-electron chi connectivity index (χ2n) is 8.08. The molecule has 1 aromatic heterocycles. The number of carbonyl (C=O) groups excluding carboxylic acids is 1. The van der Waals surface area contributed by atoms with Crippen molar-refractivity contribution in [2.24, 2.45) is 0 Å². The van der Waals surface area contributed by atoms with Gasteiger partial charge in [-0.2, -0.15) is 5.10 Å². The van der Waals surface area contributed by atoms with Crippen molar-refractivity contribution in [2.45, 2.75) is 32.4 Å². The van der Waals surface area contributed by atoms with Gasteiger partial charge in [0.2, 0.25) is 0 Å². The maximum atomic E-state index is 13.4. The molecule has 6 nitrogen and oxygen atoms in total. The Morgan fingerprint density at radius 3 is 2.38 bits per heavy atom. The van der Waals surface area contributed by atoms with E-state index in [0.717, 1.165) is 22.4 Å². The number of nitrogens with one attached hydrogen (secondary N) is 1. The van der Waals surface area contributed by atoms with E-state index in [-0.39, 0.29) is 11.9 Å². The summed E-state index contributed by atoms with van der Waals surface area (Å²) in [6.07, 6.45) is 0. The molecule has 1 unspecified atom stereocenters. The zero-order chi connectivity index (χ0) is 20.8. The Kier molecular flexibility index (Phi) is 4.57. The number of hydrogen-bond donors (Lipinski definition) is 1. The fourth-order valence-corrected chi connectivity index (χ4v) is 3.99. The molecule has 1 aliphatic rings. The molecule has 0 spiro atoms. The summed E-state index contributed by atoms with van der Waals surface area (Å²) >= 11 is 0. The Balaban J connectivity index is 1.97. The predicted molar refractivity (Wildman–Crippen MR) is 111 cm³/mol. The van der Waals surface area contributed by atoms with Gasteiger partial charge in [0.25, 0.3) is 5.91 Å². The third kappa shape index (κ3) is 3.05. The molecule has 0 saturated heterocycles. The first kappa shape index (κ1) is 19.1. The molecule has 0 radical (unpaired) electrons. The first-order valence-corrected chi connectivity index (χ1v) is 9.56. The van der Waals surface area contributed by atoms with Crippen LogP contribution in [0.4, 0.5) is 0 Å². The van der Waals surface area contributed by atoms with Crippen LogP contribution in [0.15, 0.2) is 48.5 Å². The number of hydrogen-bond acceptors (Lipinski definition) is 4. The highest BCUT2D eigenvalue weighted by molar-refractivity contribution is 6.00. The van der Waals surface area contributed by atoms with Crippen molar-refractivity contribution in [2.75, 3.05) is 14.2 Å². The van der Waals surface area contributed by atoms with Crippen molar-refractivity contribution in [1.29, 1.82) is 0 Å². The van der Waals surface area contributed by atoms with Crippen LogP contribution in [0, 0.1) is 0 Å². The van der Waals surface area contributed by atoms with Crippen LogP contribution in [0.25, 0.3) is 11.3 Å². The highest BCUT2D eigenvalue weighted by Gasteiger charge is 2.47. The van der Waals surface area contributed by atoms with E-state index in [9.17, 15) is 4.79 Å². The number of rotatable bonds is 4. The number of benzene rings is 2. The molecule has 3 aromatic rings. The molecule has 0 bridgehead atoms. The molecular formula is C23H25N3O3. The SMILES string of the molecule is COc1ccc(C2c3c(-c4ccccc4)n[nH]c3C(=O)N2C(C)(C)C)c(OC)c1. The average Bonchev–Trinajstić information content (AvgIpc) is 3.27. The summed E-state index contributed by atoms with van der Waals surface area (Å²) in [4.78, 5) is 15.3. The molecule has 1 atom stereocenters. The van der Waals surface area contributed by atoms with Crippen molar-refractivity contribution in [3.63, 3.8) is 0 Å². The average molecular weight is 391 g/mol. The number of aromatic nitrogens is 2. The zero-order valence-electron chi connectivity index (χ0n) is 17.3. The Labute approximate surface area is 170 Å². The molecule has 0 fully saturated rings. The van der Waals surface area contributed by atoms with Crippen molar-refractivity contribution < 1.29 is 14.3 Å². The van der Waals surface area contributed by atoms with Crippen LogP contribution in [0.2, 0.25) is 0 Å². The summed E-state index contributed by atoms with van der Waals surface area (Å²) < 4.78 is 11.0. The lowest BCUT2D eigenvalue weighted by molar-refractivity contribution is 0.0543. The van der Waals surface area contributed by atoms with Crippen LogP contribution in [0.1, 0.15) is 48.4 Å². The minimum Gasteiger partial charge on any atom is -0.497 e. The number of fused-ring (bicyclic) bond motifs is 1. The monoisotopic (exact) mass is 391 g/mol. The van der Waals surface area contributed by atoms with Crippen LogP contribution >= 0.6 is 0 Å². The number of aromatic amines is 1. The molecule has 2 heterocycles. The molecule has 2 aromatic carbocycles. The van der Waals surface area contributed by atoms with Gasteiger partial charge in [-0.15, -0.1) is 0 Å². The molecular weight excluding hydrogens is 366 g/mol. The molecule has 6 heteroatoms. The molecule has 0 aliphatic carbocycles. The predicted octanol–water partition coefficient (Wildman–Crippen LogP) is 4.44. The maximum Gasteiger partial charge on any atom is 0.273 e. The lowest BCUT2D eigenvalue weighted by atomic mass is 9.93. The van der Waals surface area contributed by atoms with E-state index in [1.807, 2.05) is 74.2 Å². The summed E-state index contributed by atoms with van der Waals surface area (Å²) in [7, 11) is 3.25. The van der Waals surface area contributed by atoms with Crippen LogP contribution < -0.4 is 9.47 Å². The third-order valence-corrected chi connectivity index (χ3v) is 5.27. The number of nitrogens with zero attached hydrogens (tertiary/aromatic N) is 2. The molecule has 29 heavy (non-hydrogen) atoms. The van der Waals surface area contributed by atoms with E-state index in [2.05, 4.69) is 10.2 Å². The number of amides is 1. The van der Waals surface area contributed by atoms with Crippen LogP contribution in [0.5, 0.6) is 11.5 Å². The van der Waals surface area contributed by atoms with E-state index in [1.54, 1.807) is 14.2 Å². The van der Waals surface area contributed by atoms with Gasteiger partial charge in [0, 0.05) is 28.3 Å². The molecule has 1 N–H and O–H groups in total. The number of carbonyl (C=O) groups is 1. The summed E-state index contributed by atoms with van der Waals surface area (Å²) in [5.41, 5.74) is 3.64. The van der Waals surface area contributed by atoms with E-state index in [4.69, 9.17) is 9.47 Å². The van der Waals surface area contributed by atoms with Gasteiger partial charge in [-0.3, -0.25) is 9.89 Å². The Morgan fingerprint density at radius 1 is 1.03 bits per heavy atom. The minimum absolute atomic E-state index is 0.0648. The summed E-state index contributed by atoms with van der Waals surface area (Å²) in [6.45, 7) is 6.11. The van der Waals surface area contributed by atoms with E-state index < -0.39 is 5.54 Å². The molecule has 1 amide bonds. The standard InChI is InChI=1S/C23H25N3O3/c1-23(2,3)26-21(16-12-11-15(28-4)13-17(16)29-5)18-19(14-9-7-6-8-10-14)24-25-20(18)22(26)27/h6-13,21H,1-5H3,(H,24,25). The lowest BCUT2D eigenvalue weighted by Crippen LogP contribution is -2.44. The van der Waals surface area contributed by atoms with Gasteiger partial charge in [-0.25, -0.2) is 0 Å². The summed E-state index contributed by atoms with van der Waals surface area (Å²) in [5, 5.41) is 7.49. The van der Waals surface area contributed by atoms with Gasteiger partial charge < -0.3 is 14.4 Å². The van der Waals surface area contributed by atoms with Crippen molar-refractivity contribution >= 4 is 5.91 Å². The van der Waals surface area contributed by atoms with Gasteiger partial charge >= 0.3 is 0 Å². The number of H-pyrrole nitrogens is 1. The van der Waals surface area contributed by atoms with Crippen molar-refractivity contribution in [1.82, 2.24) is 15.1 Å². The fourth-order valence-electron chi connectivity index (χ4n) is 3.99. The second-order valence-corrected chi connectivity index (χ2v) is 8.08. The molecule has 4 rings (SSSR count). The van der Waals surface area contributed by atoms with Gasteiger partial charge in [0.05, 0.1) is 26.0 Å². The molecule has 150 valence electrons. The zero-order valence-corrected chi connectivity index (χ0v) is 17.3. The topological polar surface area (TPSA) is 67.5 Å². The van der Waals surface area contributed by atoms with Gasteiger partial charge in [0.15, 0.2) is 0 Å². The van der Waals surface area contributed by atoms with Gasteiger partial charge in [-0.1, -0.05) is 30.3 Å². The normalized spacial score (nSPS) is 16.1. The van der Waals surface area contributed by atoms with Gasteiger partial charge in [-0.05, 0) is 32.9 Å². The fraction of sp³-hybridized carbons (Fsp3) is 0.304. The van der Waals surface area contributed by atoms with E-state index >= 15 is 0 Å². The van der Waals surface area contributed by atoms with Crippen LogP contribution in [0.3, 0.4) is 0 Å². The highest BCUT2D eigenvalue weighted by atomic mass is 16.5. The second kappa shape index (κ2) is 6.95. The molecule has 0 saturated carbocycles. The summed E-state index contributed by atoms with van der Waals surface area (Å²) in [6, 6.07) is 15.3. The third-order valence-electron chi connectivity index (χ3n) is 5.27. The quantitative estimate of drug-likeness (QED) is 0.714. The molecule has 1 aliphatic heterocycles. The van der Waals surface area contributed by atoms with E-state index in [0.29, 0.717) is 17.2 Å². The Hall–Kier alpha value is -3.28. The van der Waals surface area contributed by atoms with Gasteiger partial charge in [0.1, 0.15) is 17.2 Å². The lowest BCUT2D eigenvalue weighted by Gasteiger charge is -2.38. The number of methoxy groups -OCH3 is 2. The van der Waals surface area contributed by atoms with Crippen molar-refractivity contribution in [3.05, 3.63) is 65.4 Å².